The van der Waals surface area contributed by atoms with Crippen LogP contribution < -0.4 is 56.5 Å². The summed E-state index contributed by atoms with van der Waals surface area (Å²) in [7, 11) is 1.30. The van der Waals surface area contributed by atoms with E-state index in [1.54, 1.807) is 0 Å². The third-order valence-electron chi connectivity index (χ3n) is 0.859. The van der Waals surface area contributed by atoms with Crippen LogP contribution in [0.25, 0.3) is 0 Å². The summed E-state index contributed by atoms with van der Waals surface area (Å²) in [4.78, 5) is 10.5. The molecule has 0 radical (unpaired) electrons. The van der Waals surface area contributed by atoms with Gasteiger partial charge in [-0.1, -0.05) is 6.07 Å². The van der Waals surface area contributed by atoms with Crippen LogP contribution in [0.3, 0.4) is 0 Å². The summed E-state index contributed by atoms with van der Waals surface area (Å²) in [6, 6.07) is 1.49. The summed E-state index contributed by atoms with van der Waals surface area (Å²) in [5.41, 5.74) is 0.248. The Morgan fingerprint density at radius 2 is 2.50 bits per heavy atom. The molecule has 0 fully saturated rings. The molecular formula is C5H5KN2O2. The van der Waals surface area contributed by atoms with Crippen molar-refractivity contribution in [1.29, 1.82) is 0 Å². The van der Waals surface area contributed by atoms with Crippen LogP contribution in [0.5, 0.6) is 0 Å². The number of methoxy groups -OCH3 is 1. The molecule has 0 atom stereocenters. The van der Waals surface area contributed by atoms with Crippen molar-refractivity contribution in [3.8, 4) is 0 Å². The van der Waals surface area contributed by atoms with Crippen LogP contribution in [0.2, 0.25) is 0 Å². The Kier molecular flexibility index (Phi) is 5.19. The zero-order chi connectivity index (χ0) is 6.69. The van der Waals surface area contributed by atoms with Gasteiger partial charge in [0.1, 0.15) is 5.69 Å². The molecule has 1 aromatic rings. The van der Waals surface area contributed by atoms with Gasteiger partial charge in [-0.3, -0.25) is 0 Å². The molecule has 0 bridgehead atoms. The second-order valence-corrected chi connectivity index (χ2v) is 1.41. The minimum Gasteiger partial charge on any atom is -0.581 e. The number of nitrogens with zero attached hydrogens (tertiary/aromatic N) is 2. The topological polar surface area (TPSA) is 53.3 Å². The van der Waals surface area contributed by atoms with Gasteiger partial charge in [-0.05, 0) is 0 Å². The normalized spacial score (nSPS) is 8.10. The molecule has 0 aliphatic rings. The number of rotatable bonds is 1. The standard InChI is InChI=1S/C5H6N2O2.K/c1-9-5(8)4-2-3-6-7-4;/h2-3H,1H3,(H,6,7,8);/q;+1/p-1. The zero-order valence-electron chi connectivity index (χ0n) is 5.87. The Labute approximate surface area is 101 Å². The van der Waals surface area contributed by atoms with Gasteiger partial charge in [0.05, 0.1) is 7.11 Å². The minimum atomic E-state index is -0.451. The number of hydrogen-bond donors (Lipinski definition) is 0. The average Bonchev–Trinajstić information content (AvgIpc) is 2.37. The van der Waals surface area contributed by atoms with Crippen LogP contribution in [0.15, 0.2) is 12.3 Å². The van der Waals surface area contributed by atoms with E-state index in [0.717, 1.165) is 0 Å². The fourth-order valence-electron chi connectivity index (χ4n) is 0.446. The maximum atomic E-state index is 10.5. The molecule has 0 saturated carbocycles. The van der Waals surface area contributed by atoms with Gasteiger partial charge in [0.25, 0.3) is 0 Å². The summed E-state index contributed by atoms with van der Waals surface area (Å²) in [5.74, 6) is -0.451. The van der Waals surface area contributed by atoms with Crippen molar-refractivity contribution in [2.24, 2.45) is 0 Å². The molecule has 5 heteroatoms. The van der Waals surface area contributed by atoms with E-state index >= 15 is 0 Å². The summed E-state index contributed by atoms with van der Waals surface area (Å²) >= 11 is 0. The summed E-state index contributed by atoms with van der Waals surface area (Å²) in [6.07, 6.45) is 1.44. The molecule has 0 spiro atoms. The fourth-order valence-corrected chi connectivity index (χ4v) is 0.446. The number of esters is 1. The molecule has 4 nitrogen and oxygen atoms in total. The van der Waals surface area contributed by atoms with Crippen molar-refractivity contribution in [3.63, 3.8) is 0 Å². The molecule has 48 valence electrons. The van der Waals surface area contributed by atoms with Crippen molar-refractivity contribution >= 4 is 5.97 Å². The van der Waals surface area contributed by atoms with Crippen molar-refractivity contribution in [2.45, 2.75) is 0 Å². The third kappa shape index (κ3) is 2.51. The molecule has 1 heterocycles. The van der Waals surface area contributed by atoms with Crippen molar-refractivity contribution in [1.82, 2.24) is 10.2 Å². The number of carbonyl (C=O) groups excluding carboxylic acids is 1. The predicted octanol–water partition coefficient (Wildman–Crippen LogP) is -3.17. The van der Waals surface area contributed by atoms with Gasteiger partial charge in [0.2, 0.25) is 0 Å². The maximum absolute atomic E-state index is 10.5. The van der Waals surface area contributed by atoms with E-state index in [9.17, 15) is 4.79 Å². The number of hydrogen-bond acceptors (Lipinski definition) is 3. The second kappa shape index (κ2) is 5.03. The Bertz CT molecular complexity index is 197. The molecule has 10 heavy (non-hydrogen) atoms. The van der Waals surface area contributed by atoms with Crippen molar-refractivity contribution in [3.05, 3.63) is 18.0 Å². The van der Waals surface area contributed by atoms with Crippen LogP contribution in [-0.4, -0.2) is 18.2 Å². The minimum absolute atomic E-state index is 0. The Morgan fingerprint density at radius 1 is 1.80 bits per heavy atom. The van der Waals surface area contributed by atoms with Gasteiger partial charge in [-0.2, -0.15) is 6.20 Å². The van der Waals surface area contributed by atoms with Gasteiger partial charge in [0, 0.05) is 0 Å². The Balaban J connectivity index is 0.000000810. The van der Waals surface area contributed by atoms with E-state index < -0.39 is 5.97 Å². The molecule has 0 aliphatic heterocycles. The molecule has 0 aromatic carbocycles. The molecule has 0 saturated heterocycles. The number of ether oxygens (including phenoxy) is 1. The maximum Gasteiger partial charge on any atom is 1.00 e. The largest absolute Gasteiger partial charge is 1.00 e. The second-order valence-electron chi connectivity index (χ2n) is 1.41. The van der Waals surface area contributed by atoms with E-state index in [-0.39, 0.29) is 57.1 Å². The molecule has 1 rings (SSSR count). The van der Waals surface area contributed by atoms with E-state index in [4.69, 9.17) is 0 Å². The quantitative estimate of drug-likeness (QED) is 0.324. The predicted molar refractivity (Wildman–Crippen MR) is 28.9 cm³/mol. The first-order chi connectivity index (χ1) is 4.34. The van der Waals surface area contributed by atoms with Crippen molar-refractivity contribution in [2.75, 3.05) is 7.11 Å². The SMILES string of the molecule is COC(=O)c1cc[n-]n1.[K+]. The van der Waals surface area contributed by atoms with Crippen LogP contribution >= 0.6 is 0 Å². The Morgan fingerprint density at radius 3 is 2.90 bits per heavy atom. The first kappa shape index (κ1) is 10.3. The third-order valence-corrected chi connectivity index (χ3v) is 0.859. The van der Waals surface area contributed by atoms with Gasteiger partial charge in [-0.25, -0.2) is 4.79 Å². The number of carbonyl (C=O) groups is 1. The fraction of sp³-hybridized carbons (Fsp3) is 0.200. The zero-order valence-corrected chi connectivity index (χ0v) is 8.99. The van der Waals surface area contributed by atoms with Gasteiger partial charge in [0.15, 0.2) is 0 Å². The van der Waals surface area contributed by atoms with Crippen LogP contribution in [0.1, 0.15) is 10.5 Å². The van der Waals surface area contributed by atoms with Gasteiger partial charge < -0.3 is 14.9 Å². The van der Waals surface area contributed by atoms with Crippen molar-refractivity contribution < 1.29 is 60.9 Å². The molecule has 0 unspecified atom stereocenters. The monoisotopic (exact) mass is 164 g/mol. The van der Waals surface area contributed by atoms with Crippen LogP contribution in [0.4, 0.5) is 0 Å². The molecule has 0 amide bonds. The first-order valence-corrected chi connectivity index (χ1v) is 2.37. The molecule has 0 aliphatic carbocycles. The van der Waals surface area contributed by atoms with Gasteiger partial charge in [-0.15, -0.1) is 0 Å². The van der Waals surface area contributed by atoms with Gasteiger partial charge >= 0.3 is 57.4 Å². The smallest absolute Gasteiger partial charge is 0.581 e. The van der Waals surface area contributed by atoms with E-state index in [1.807, 2.05) is 0 Å². The molecule has 1 aromatic heterocycles. The summed E-state index contributed by atoms with van der Waals surface area (Å²) in [5, 5.41) is 6.90. The summed E-state index contributed by atoms with van der Waals surface area (Å²) < 4.78 is 4.35. The number of aromatic nitrogens is 2. The van der Waals surface area contributed by atoms with E-state index in [1.165, 1.54) is 19.4 Å². The molecular weight excluding hydrogens is 159 g/mol. The van der Waals surface area contributed by atoms with E-state index in [0.29, 0.717) is 0 Å². The first-order valence-electron chi connectivity index (χ1n) is 2.37. The van der Waals surface area contributed by atoms with Crippen LogP contribution in [-0.2, 0) is 4.74 Å². The van der Waals surface area contributed by atoms with Crippen LogP contribution in [0, 0.1) is 0 Å². The summed E-state index contributed by atoms with van der Waals surface area (Å²) in [6.45, 7) is 0. The molecule has 0 N–H and O–H groups in total. The average molecular weight is 164 g/mol. The Hall–Kier alpha value is 0.316. The van der Waals surface area contributed by atoms with E-state index in [2.05, 4.69) is 14.9 Å².